The lowest BCUT2D eigenvalue weighted by Crippen LogP contribution is -2.23. The minimum Gasteiger partial charge on any atom is -0.366 e. The first-order valence-corrected chi connectivity index (χ1v) is 5.53. The zero-order valence-electron chi connectivity index (χ0n) is 9.41. The predicted octanol–water partition coefficient (Wildman–Crippen LogP) is 0.266. The summed E-state index contributed by atoms with van der Waals surface area (Å²) in [4.78, 5) is 10.8. The zero-order valence-corrected chi connectivity index (χ0v) is 9.41. The van der Waals surface area contributed by atoms with Gasteiger partial charge in [-0.05, 0) is 37.1 Å². The van der Waals surface area contributed by atoms with Gasteiger partial charge < -0.3 is 16.8 Å². The van der Waals surface area contributed by atoms with Crippen LogP contribution in [0.25, 0.3) is 0 Å². The Morgan fingerprint density at radius 2 is 1.88 bits per heavy atom. The molecule has 0 radical (unpaired) electrons. The van der Waals surface area contributed by atoms with E-state index < -0.39 is 0 Å². The van der Waals surface area contributed by atoms with Crippen LogP contribution in [-0.2, 0) is 6.42 Å². The molecule has 88 valence electrons. The van der Waals surface area contributed by atoms with Crippen LogP contribution in [0.15, 0.2) is 24.3 Å². The van der Waals surface area contributed by atoms with Gasteiger partial charge in [0.15, 0.2) is 0 Å². The Hall–Kier alpha value is -1.39. The van der Waals surface area contributed by atoms with Gasteiger partial charge in [0.1, 0.15) is 0 Å². The molecule has 0 fully saturated rings. The van der Waals surface area contributed by atoms with Crippen LogP contribution in [0.1, 0.15) is 22.3 Å². The van der Waals surface area contributed by atoms with Crippen LogP contribution in [0.3, 0.4) is 0 Å². The standard InChI is InChI=1S/C12H19N3O/c13-7-9-15-8-1-2-10-3-5-11(6-4-10)12(14)16/h3-6,15H,1-2,7-9,13H2,(H2,14,16). The Balaban J connectivity index is 2.29. The average molecular weight is 221 g/mol. The van der Waals surface area contributed by atoms with Crippen LogP contribution < -0.4 is 16.8 Å². The number of hydrogen-bond acceptors (Lipinski definition) is 3. The lowest BCUT2D eigenvalue weighted by molar-refractivity contribution is 0.100. The first-order chi connectivity index (χ1) is 7.74. The molecule has 0 spiro atoms. The highest BCUT2D eigenvalue weighted by Gasteiger charge is 1.99. The van der Waals surface area contributed by atoms with E-state index in [9.17, 15) is 4.79 Å². The van der Waals surface area contributed by atoms with E-state index in [1.165, 1.54) is 5.56 Å². The van der Waals surface area contributed by atoms with Crippen molar-refractivity contribution in [2.75, 3.05) is 19.6 Å². The van der Waals surface area contributed by atoms with Crippen molar-refractivity contribution in [3.63, 3.8) is 0 Å². The summed E-state index contributed by atoms with van der Waals surface area (Å²) in [5.41, 5.74) is 12.3. The highest BCUT2D eigenvalue weighted by molar-refractivity contribution is 5.92. The van der Waals surface area contributed by atoms with Gasteiger partial charge in [0.05, 0.1) is 0 Å². The molecule has 1 aromatic rings. The Bertz CT molecular complexity index is 322. The molecular weight excluding hydrogens is 202 g/mol. The lowest BCUT2D eigenvalue weighted by atomic mass is 10.1. The fraction of sp³-hybridized carbons (Fsp3) is 0.417. The third-order valence-corrected chi connectivity index (χ3v) is 2.38. The van der Waals surface area contributed by atoms with E-state index in [1.807, 2.05) is 12.1 Å². The minimum atomic E-state index is -0.379. The Kier molecular flexibility index (Phi) is 5.53. The van der Waals surface area contributed by atoms with Crippen LogP contribution in [0, 0.1) is 0 Å². The summed E-state index contributed by atoms with van der Waals surface area (Å²) in [6, 6.07) is 7.43. The molecule has 0 aliphatic rings. The topological polar surface area (TPSA) is 81.1 Å². The third-order valence-electron chi connectivity index (χ3n) is 2.38. The Labute approximate surface area is 96.0 Å². The fourth-order valence-electron chi connectivity index (χ4n) is 1.48. The van der Waals surface area contributed by atoms with Gasteiger partial charge in [-0.2, -0.15) is 0 Å². The van der Waals surface area contributed by atoms with Crippen LogP contribution in [0.5, 0.6) is 0 Å². The smallest absolute Gasteiger partial charge is 0.248 e. The SMILES string of the molecule is NCCNCCCc1ccc(C(N)=O)cc1. The number of primary amides is 1. The van der Waals surface area contributed by atoms with Crippen LogP contribution >= 0.6 is 0 Å². The maximum atomic E-state index is 10.8. The van der Waals surface area contributed by atoms with Gasteiger partial charge in [0, 0.05) is 18.7 Å². The van der Waals surface area contributed by atoms with Crippen molar-refractivity contribution < 1.29 is 4.79 Å². The summed E-state index contributed by atoms with van der Waals surface area (Å²) in [5, 5.41) is 3.24. The molecule has 4 heteroatoms. The Morgan fingerprint density at radius 1 is 1.19 bits per heavy atom. The van der Waals surface area contributed by atoms with Crippen molar-refractivity contribution in [1.82, 2.24) is 5.32 Å². The molecule has 0 bridgehead atoms. The summed E-state index contributed by atoms with van der Waals surface area (Å²) in [7, 11) is 0. The average Bonchev–Trinajstić information content (AvgIpc) is 2.29. The first kappa shape index (κ1) is 12.7. The van der Waals surface area contributed by atoms with E-state index >= 15 is 0 Å². The number of nitrogens with two attached hydrogens (primary N) is 2. The van der Waals surface area contributed by atoms with Crippen molar-refractivity contribution in [3.05, 3.63) is 35.4 Å². The van der Waals surface area contributed by atoms with Gasteiger partial charge >= 0.3 is 0 Å². The second kappa shape index (κ2) is 6.98. The zero-order chi connectivity index (χ0) is 11.8. The molecular formula is C12H19N3O. The van der Waals surface area contributed by atoms with E-state index in [4.69, 9.17) is 11.5 Å². The molecule has 0 atom stereocenters. The second-order valence-corrected chi connectivity index (χ2v) is 3.70. The number of rotatable bonds is 7. The molecule has 5 N–H and O–H groups in total. The fourth-order valence-corrected chi connectivity index (χ4v) is 1.48. The van der Waals surface area contributed by atoms with Gasteiger partial charge in [-0.25, -0.2) is 0 Å². The minimum absolute atomic E-state index is 0.379. The maximum absolute atomic E-state index is 10.8. The van der Waals surface area contributed by atoms with Crippen molar-refractivity contribution >= 4 is 5.91 Å². The molecule has 1 aromatic carbocycles. The lowest BCUT2D eigenvalue weighted by Gasteiger charge is -2.04. The van der Waals surface area contributed by atoms with Crippen molar-refractivity contribution in [3.8, 4) is 0 Å². The summed E-state index contributed by atoms with van der Waals surface area (Å²) < 4.78 is 0. The van der Waals surface area contributed by atoms with Gasteiger partial charge in [0.2, 0.25) is 5.91 Å². The number of carbonyl (C=O) groups excluding carboxylic acids is 1. The number of hydrogen-bond donors (Lipinski definition) is 3. The number of aryl methyl sites for hydroxylation is 1. The second-order valence-electron chi connectivity index (χ2n) is 3.70. The quantitative estimate of drug-likeness (QED) is 0.578. The molecule has 0 saturated carbocycles. The molecule has 0 unspecified atom stereocenters. The highest BCUT2D eigenvalue weighted by atomic mass is 16.1. The monoisotopic (exact) mass is 221 g/mol. The Morgan fingerprint density at radius 3 is 2.44 bits per heavy atom. The first-order valence-electron chi connectivity index (χ1n) is 5.53. The van der Waals surface area contributed by atoms with E-state index in [0.29, 0.717) is 12.1 Å². The van der Waals surface area contributed by atoms with Gasteiger partial charge in [-0.1, -0.05) is 12.1 Å². The molecule has 0 heterocycles. The van der Waals surface area contributed by atoms with Gasteiger partial charge in [-0.3, -0.25) is 4.79 Å². The molecule has 0 aromatic heterocycles. The molecule has 0 saturated heterocycles. The number of amides is 1. The number of nitrogens with one attached hydrogen (secondary N) is 1. The summed E-state index contributed by atoms with van der Waals surface area (Å²) in [6.07, 6.45) is 2.06. The molecule has 1 rings (SSSR count). The van der Waals surface area contributed by atoms with Crippen LogP contribution in [0.4, 0.5) is 0 Å². The molecule has 16 heavy (non-hydrogen) atoms. The summed E-state index contributed by atoms with van der Waals surface area (Å²) >= 11 is 0. The summed E-state index contributed by atoms with van der Waals surface area (Å²) in [6.45, 7) is 2.50. The molecule has 4 nitrogen and oxygen atoms in total. The number of benzene rings is 1. The third kappa shape index (κ3) is 4.42. The van der Waals surface area contributed by atoms with E-state index in [1.54, 1.807) is 12.1 Å². The number of carbonyl (C=O) groups is 1. The summed E-state index contributed by atoms with van der Waals surface area (Å²) in [5.74, 6) is -0.379. The van der Waals surface area contributed by atoms with Crippen molar-refractivity contribution in [1.29, 1.82) is 0 Å². The molecule has 0 aliphatic carbocycles. The van der Waals surface area contributed by atoms with Crippen LogP contribution in [-0.4, -0.2) is 25.5 Å². The molecule has 0 aliphatic heterocycles. The highest BCUT2D eigenvalue weighted by Crippen LogP contribution is 2.05. The largest absolute Gasteiger partial charge is 0.366 e. The van der Waals surface area contributed by atoms with E-state index in [-0.39, 0.29) is 5.91 Å². The van der Waals surface area contributed by atoms with Gasteiger partial charge in [0.25, 0.3) is 0 Å². The normalized spacial score (nSPS) is 10.3. The van der Waals surface area contributed by atoms with Crippen LogP contribution in [0.2, 0.25) is 0 Å². The predicted molar refractivity (Wildman–Crippen MR) is 65.2 cm³/mol. The van der Waals surface area contributed by atoms with E-state index in [0.717, 1.165) is 25.9 Å². The van der Waals surface area contributed by atoms with Crippen molar-refractivity contribution in [2.45, 2.75) is 12.8 Å². The maximum Gasteiger partial charge on any atom is 0.248 e. The van der Waals surface area contributed by atoms with E-state index in [2.05, 4.69) is 5.32 Å². The molecule has 1 amide bonds. The van der Waals surface area contributed by atoms with Crippen molar-refractivity contribution in [2.24, 2.45) is 11.5 Å². The van der Waals surface area contributed by atoms with Gasteiger partial charge in [-0.15, -0.1) is 0 Å².